The fourth-order valence-corrected chi connectivity index (χ4v) is 2.76. The Balaban J connectivity index is 2.06. The van der Waals surface area contributed by atoms with Gasteiger partial charge in [-0.1, -0.05) is 25.0 Å². The van der Waals surface area contributed by atoms with Gasteiger partial charge in [-0.2, -0.15) is 0 Å². The number of aromatic nitrogens is 3. The first-order valence-electron chi connectivity index (χ1n) is 6.52. The largest absolute Gasteiger partial charge is 0.398 e. The zero-order chi connectivity index (χ0) is 12.5. The molecule has 1 aliphatic rings. The summed E-state index contributed by atoms with van der Waals surface area (Å²) in [4.78, 5) is 0. The van der Waals surface area contributed by atoms with Crippen molar-refractivity contribution in [2.45, 2.75) is 38.6 Å². The number of nitrogens with zero attached hydrogens (tertiary/aromatic N) is 3. The van der Waals surface area contributed by atoms with E-state index in [1.165, 1.54) is 25.7 Å². The van der Waals surface area contributed by atoms with E-state index in [-0.39, 0.29) is 0 Å². The summed E-state index contributed by atoms with van der Waals surface area (Å²) in [6.45, 7) is 2.02. The van der Waals surface area contributed by atoms with Crippen molar-refractivity contribution in [1.82, 2.24) is 14.8 Å². The van der Waals surface area contributed by atoms with Crippen LogP contribution in [0.5, 0.6) is 0 Å². The number of nitrogen functional groups attached to an aromatic ring is 1. The van der Waals surface area contributed by atoms with Crippen LogP contribution in [0.1, 0.15) is 37.3 Å². The van der Waals surface area contributed by atoms with Gasteiger partial charge in [-0.15, -0.1) is 10.2 Å². The van der Waals surface area contributed by atoms with E-state index in [4.69, 9.17) is 5.73 Å². The first-order valence-corrected chi connectivity index (χ1v) is 6.52. The van der Waals surface area contributed by atoms with Crippen LogP contribution in [0.2, 0.25) is 0 Å². The molecule has 1 aromatic carbocycles. The fraction of sp³-hybridized carbons (Fsp3) is 0.429. The van der Waals surface area contributed by atoms with E-state index in [2.05, 4.69) is 14.8 Å². The maximum Gasteiger partial charge on any atom is 0.166 e. The Morgan fingerprint density at radius 1 is 1.28 bits per heavy atom. The minimum Gasteiger partial charge on any atom is -0.398 e. The van der Waals surface area contributed by atoms with Crippen molar-refractivity contribution in [3.63, 3.8) is 0 Å². The molecule has 0 atom stereocenters. The summed E-state index contributed by atoms with van der Waals surface area (Å²) in [5, 5.41) is 8.34. The van der Waals surface area contributed by atoms with Crippen molar-refractivity contribution < 1.29 is 0 Å². The lowest BCUT2D eigenvalue weighted by Crippen LogP contribution is -2.07. The summed E-state index contributed by atoms with van der Waals surface area (Å²) in [7, 11) is 0. The molecule has 4 heteroatoms. The van der Waals surface area contributed by atoms with Gasteiger partial charge in [0.25, 0.3) is 0 Å². The number of rotatable bonds is 2. The second kappa shape index (κ2) is 4.44. The predicted molar refractivity (Wildman–Crippen MR) is 72.1 cm³/mol. The lowest BCUT2D eigenvalue weighted by atomic mass is 10.1. The minimum absolute atomic E-state index is 0.537. The molecule has 0 unspecified atom stereocenters. The summed E-state index contributed by atoms with van der Waals surface area (Å²) >= 11 is 0. The van der Waals surface area contributed by atoms with Gasteiger partial charge in [0.1, 0.15) is 6.33 Å². The maximum atomic E-state index is 6.16. The van der Waals surface area contributed by atoms with E-state index in [1.54, 1.807) is 0 Å². The minimum atomic E-state index is 0.537. The van der Waals surface area contributed by atoms with Crippen LogP contribution in [0, 0.1) is 6.92 Å². The lowest BCUT2D eigenvalue weighted by Gasteiger charge is -2.15. The van der Waals surface area contributed by atoms with Gasteiger partial charge in [0.15, 0.2) is 5.82 Å². The van der Waals surface area contributed by atoms with Crippen molar-refractivity contribution in [2.24, 2.45) is 0 Å². The van der Waals surface area contributed by atoms with Crippen LogP contribution in [0.15, 0.2) is 24.5 Å². The van der Waals surface area contributed by atoms with Crippen LogP contribution in [-0.2, 0) is 0 Å². The Kier molecular flexibility index (Phi) is 2.78. The molecule has 1 fully saturated rings. The van der Waals surface area contributed by atoms with E-state index in [9.17, 15) is 0 Å². The summed E-state index contributed by atoms with van der Waals surface area (Å²) in [5.41, 5.74) is 9.06. The Morgan fingerprint density at radius 2 is 2.06 bits per heavy atom. The Bertz CT molecular complexity index is 553. The molecule has 0 saturated heterocycles. The van der Waals surface area contributed by atoms with Gasteiger partial charge in [0, 0.05) is 17.3 Å². The molecule has 2 N–H and O–H groups in total. The number of aryl methyl sites for hydroxylation is 1. The molecule has 4 nitrogen and oxygen atoms in total. The van der Waals surface area contributed by atoms with Crippen molar-refractivity contribution in [3.8, 4) is 11.4 Å². The van der Waals surface area contributed by atoms with Gasteiger partial charge >= 0.3 is 0 Å². The molecule has 1 aliphatic carbocycles. The number of hydrogen-bond acceptors (Lipinski definition) is 3. The van der Waals surface area contributed by atoms with E-state index in [0.29, 0.717) is 6.04 Å². The number of anilines is 1. The van der Waals surface area contributed by atoms with E-state index >= 15 is 0 Å². The monoisotopic (exact) mass is 242 g/mol. The molecule has 2 aromatic rings. The molecule has 0 bridgehead atoms. The predicted octanol–water partition coefficient (Wildman–Crippen LogP) is 2.95. The van der Waals surface area contributed by atoms with Gasteiger partial charge < -0.3 is 10.3 Å². The average molecular weight is 242 g/mol. The molecule has 94 valence electrons. The molecular weight excluding hydrogens is 224 g/mol. The third kappa shape index (κ3) is 1.78. The second-order valence-corrected chi connectivity index (χ2v) is 5.04. The fourth-order valence-electron chi connectivity index (χ4n) is 2.76. The van der Waals surface area contributed by atoms with Gasteiger partial charge in [0.05, 0.1) is 0 Å². The van der Waals surface area contributed by atoms with Crippen molar-refractivity contribution in [1.29, 1.82) is 0 Å². The normalized spacial score (nSPS) is 16.3. The van der Waals surface area contributed by atoms with Crippen LogP contribution in [0.25, 0.3) is 11.4 Å². The molecule has 0 spiro atoms. The number of para-hydroxylation sites is 1. The number of nitrogens with two attached hydrogens (primary N) is 1. The molecule has 1 saturated carbocycles. The van der Waals surface area contributed by atoms with Gasteiger partial charge in [-0.3, -0.25) is 0 Å². The molecule has 0 radical (unpaired) electrons. The van der Waals surface area contributed by atoms with E-state index in [0.717, 1.165) is 22.6 Å². The standard InChI is InChI=1S/C14H18N4/c1-10-5-4-8-12(13(10)15)14-17-16-9-18(14)11-6-2-3-7-11/h4-5,8-9,11H,2-3,6-7,15H2,1H3. The molecule has 0 amide bonds. The third-order valence-electron chi connectivity index (χ3n) is 3.86. The van der Waals surface area contributed by atoms with Crippen LogP contribution < -0.4 is 5.73 Å². The smallest absolute Gasteiger partial charge is 0.166 e. The van der Waals surface area contributed by atoms with Gasteiger partial charge in [-0.05, 0) is 31.4 Å². The highest BCUT2D eigenvalue weighted by Gasteiger charge is 2.21. The summed E-state index contributed by atoms with van der Waals surface area (Å²) in [5.74, 6) is 0.906. The lowest BCUT2D eigenvalue weighted by molar-refractivity contribution is 0.522. The second-order valence-electron chi connectivity index (χ2n) is 5.04. The Morgan fingerprint density at radius 3 is 2.83 bits per heavy atom. The first-order chi connectivity index (χ1) is 8.77. The highest BCUT2D eigenvalue weighted by atomic mass is 15.3. The maximum absolute atomic E-state index is 6.16. The average Bonchev–Trinajstić information content (AvgIpc) is 3.01. The summed E-state index contributed by atoms with van der Waals surface area (Å²) in [6, 6.07) is 6.61. The zero-order valence-electron chi connectivity index (χ0n) is 10.6. The summed E-state index contributed by atoms with van der Waals surface area (Å²) in [6.07, 6.45) is 6.87. The van der Waals surface area contributed by atoms with Crippen molar-refractivity contribution in [3.05, 3.63) is 30.1 Å². The Labute approximate surface area is 107 Å². The van der Waals surface area contributed by atoms with E-state index < -0.39 is 0 Å². The molecular formula is C14H18N4. The van der Waals surface area contributed by atoms with Crippen molar-refractivity contribution in [2.75, 3.05) is 5.73 Å². The molecule has 1 heterocycles. The third-order valence-corrected chi connectivity index (χ3v) is 3.86. The molecule has 18 heavy (non-hydrogen) atoms. The van der Waals surface area contributed by atoms with E-state index in [1.807, 2.05) is 31.5 Å². The zero-order valence-corrected chi connectivity index (χ0v) is 10.6. The topological polar surface area (TPSA) is 56.7 Å². The van der Waals surface area contributed by atoms with Gasteiger partial charge in [0.2, 0.25) is 0 Å². The van der Waals surface area contributed by atoms with Crippen molar-refractivity contribution >= 4 is 5.69 Å². The van der Waals surface area contributed by atoms with Crippen LogP contribution in [0.4, 0.5) is 5.69 Å². The quantitative estimate of drug-likeness (QED) is 0.824. The Hall–Kier alpha value is -1.84. The SMILES string of the molecule is Cc1cccc(-c2nncn2C2CCCC2)c1N. The highest BCUT2D eigenvalue weighted by Crippen LogP contribution is 2.34. The van der Waals surface area contributed by atoms with Crippen LogP contribution >= 0.6 is 0 Å². The number of benzene rings is 1. The highest BCUT2D eigenvalue weighted by molar-refractivity contribution is 5.74. The molecule has 3 rings (SSSR count). The van der Waals surface area contributed by atoms with Crippen LogP contribution in [-0.4, -0.2) is 14.8 Å². The first kappa shape index (κ1) is 11.3. The number of hydrogen-bond donors (Lipinski definition) is 1. The van der Waals surface area contributed by atoms with Crippen LogP contribution in [0.3, 0.4) is 0 Å². The molecule has 1 aromatic heterocycles. The van der Waals surface area contributed by atoms with Gasteiger partial charge in [-0.25, -0.2) is 0 Å². The molecule has 0 aliphatic heterocycles. The summed E-state index contributed by atoms with van der Waals surface area (Å²) < 4.78 is 2.19.